The van der Waals surface area contributed by atoms with Gasteiger partial charge >= 0.3 is 5.97 Å². The van der Waals surface area contributed by atoms with Crippen LogP contribution >= 0.6 is 11.6 Å². The molecule has 6 heteroatoms. The van der Waals surface area contributed by atoms with Gasteiger partial charge in [-0.1, -0.05) is 25.4 Å². The number of hydrogen-bond acceptors (Lipinski definition) is 5. The first-order chi connectivity index (χ1) is 8.02. The molecule has 0 spiro atoms. The zero-order valence-electron chi connectivity index (χ0n) is 10.1. The fourth-order valence-corrected chi connectivity index (χ4v) is 1.57. The maximum atomic E-state index is 11.6. The van der Waals surface area contributed by atoms with E-state index in [0.29, 0.717) is 23.3 Å². The number of rotatable bonds is 5. The van der Waals surface area contributed by atoms with E-state index in [1.54, 1.807) is 6.07 Å². The van der Waals surface area contributed by atoms with Gasteiger partial charge in [-0.3, -0.25) is 0 Å². The number of nitrogens with zero attached hydrogens (tertiary/aromatic N) is 2. The number of carbonyl (C=O) groups is 1. The number of aromatic nitrogens is 2. The van der Waals surface area contributed by atoms with Gasteiger partial charge in [0.1, 0.15) is 23.3 Å². The van der Waals surface area contributed by atoms with Crippen LogP contribution in [-0.4, -0.2) is 29.1 Å². The van der Waals surface area contributed by atoms with E-state index in [9.17, 15) is 4.79 Å². The van der Waals surface area contributed by atoms with Crippen LogP contribution in [0, 0.1) is 5.92 Å². The van der Waals surface area contributed by atoms with Crippen molar-refractivity contribution in [1.82, 2.24) is 9.97 Å². The van der Waals surface area contributed by atoms with Crippen molar-refractivity contribution in [3.05, 3.63) is 17.5 Å². The number of ether oxygens (including phenoxy) is 1. The quantitative estimate of drug-likeness (QED) is 0.647. The Bertz CT molecular complexity index is 385. The van der Waals surface area contributed by atoms with E-state index in [1.165, 1.54) is 13.4 Å². The minimum Gasteiger partial charge on any atom is -0.467 e. The van der Waals surface area contributed by atoms with E-state index in [2.05, 4.69) is 15.3 Å². The van der Waals surface area contributed by atoms with E-state index in [0.717, 1.165) is 0 Å². The van der Waals surface area contributed by atoms with Crippen molar-refractivity contribution in [1.29, 1.82) is 0 Å². The van der Waals surface area contributed by atoms with Crippen LogP contribution in [-0.2, 0) is 9.53 Å². The van der Waals surface area contributed by atoms with Crippen LogP contribution in [0.4, 0.5) is 5.82 Å². The topological polar surface area (TPSA) is 64.1 Å². The number of methoxy groups -OCH3 is 1. The number of anilines is 1. The molecule has 1 N–H and O–H groups in total. The summed E-state index contributed by atoms with van der Waals surface area (Å²) in [6.45, 7) is 4.06. The summed E-state index contributed by atoms with van der Waals surface area (Å²) in [6.07, 6.45) is 2.00. The fraction of sp³-hybridized carbons (Fsp3) is 0.545. The van der Waals surface area contributed by atoms with Crippen molar-refractivity contribution in [2.75, 3.05) is 12.4 Å². The van der Waals surface area contributed by atoms with Gasteiger partial charge in [0.15, 0.2) is 0 Å². The van der Waals surface area contributed by atoms with Crippen LogP contribution in [0.25, 0.3) is 0 Å². The Morgan fingerprint density at radius 3 is 2.76 bits per heavy atom. The molecule has 0 aliphatic rings. The van der Waals surface area contributed by atoms with Gasteiger partial charge in [0.25, 0.3) is 0 Å². The number of carbonyl (C=O) groups excluding carboxylic acids is 1. The number of esters is 1. The average Bonchev–Trinajstić information content (AvgIpc) is 2.26. The first kappa shape index (κ1) is 13.7. The summed E-state index contributed by atoms with van der Waals surface area (Å²) in [5.74, 6) is 0.568. The summed E-state index contributed by atoms with van der Waals surface area (Å²) >= 11 is 5.74. The third-order valence-electron chi connectivity index (χ3n) is 2.15. The SMILES string of the molecule is COC(=O)C(CC(C)C)Nc1cc(Cl)ncn1. The summed E-state index contributed by atoms with van der Waals surface area (Å²) in [5.41, 5.74) is 0. The Balaban J connectivity index is 2.75. The molecule has 0 saturated heterocycles. The molecule has 0 fully saturated rings. The number of hydrogen-bond donors (Lipinski definition) is 1. The summed E-state index contributed by atoms with van der Waals surface area (Å²) in [7, 11) is 1.37. The molecule has 1 unspecified atom stereocenters. The van der Waals surface area contributed by atoms with Crippen molar-refractivity contribution in [2.45, 2.75) is 26.3 Å². The molecule has 0 amide bonds. The van der Waals surface area contributed by atoms with Crippen molar-refractivity contribution in [2.24, 2.45) is 5.92 Å². The maximum absolute atomic E-state index is 11.6. The molecule has 1 aromatic rings. The Morgan fingerprint density at radius 2 is 2.24 bits per heavy atom. The lowest BCUT2D eigenvalue weighted by Crippen LogP contribution is -2.32. The van der Waals surface area contributed by atoms with Gasteiger partial charge in [0.2, 0.25) is 0 Å². The van der Waals surface area contributed by atoms with Crippen molar-refractivity contribution in [3.63, 3.8) is 0 Å². The van der Waals surface area contributed by atoms with Gasteiger partial charge in [-0.2, -0.15) is 0 Å². The number of nitrogens with one attached hydrogen (secondary N) is 1. The second kappa shape index (κ2) is 6.39. The second-order valence-electron chi connectivity index (χ2n) is 4.08. The van der Waals surface area contributed by atoms with Crippen LogP contribution in [0.1, 0.15) is 20.3 Å². The molecule has 0 bridgehead atoms. The lowest BCUT2D eigenvalue weighted by Gasteiger charge is -2.18. The standard InChI is InChI=1S/C11H16ClN3O2/c1-7(2)4-8(11(16)17-3)15-10-5-9(12)13-6-14-10/h5-8H,4H2,1-3H3,(H,13,14,15). The predicted molar refractivity (Wildman–Crippen MR) is 65.9 cm³/mol. The van der Waals surface area contributed by atoms with Gasteiger partial charge in [-0.25, -0.2) is 14.8 Å². The molecule has 17 heavy (non-hydrogen) atoms. The highest BCUT2D eigenvalue weighted by Gasteiger charge is 2.20. The molecular weight excluding hydrogens is 242 g/mol. The zero-order chi connectivity index (χ0) is 12.8. The highest BCUT2D eigenvalue weighted by atomic mass is 35.5. The first-order valence-electron chi connectivity index (χ1n) is 5.34. The van der Waals surface area contributed by atoms with E-state index in [-0.39, 0.29) is 5.97 Å². The zero-order valence-corrected chi connectivity index (χ0v) is 10.9. The largest absolute Gasteiger partial charge is 0.467 e. The Morgan fingerprint density at radius 1 is 1.53 bits per heavy atom. The molecule has 0 aromatic carbocycles. The molecule has 1 atom stereocenters. The first-order valence-corrected chi connectivity index (χ1v) is 5.72. The smallest absolute Gasteiger partial charge is 0.328 e. The third kappa shape index (κ3) is 4.56. The molecule has 0 aliphatic heterocycles. The Labute approximate surface area is 106 Å². The van der Waals surface area contributed by atoms with E-state index in [4.69, 9.17) is 16.3 Å². The van der Waals surface area contributed by atoms with Crippen molar-refractivity contribution < 1.29 is 9.53 Å². The fourth-order valence-electron chi connectivity index (χ4n) is 1.42. The van der Waals surface area contributed by atoms with Gasteiger partial charge in [-0.15, -0.1) is 0 Å². The average molecular weight is 258 g/mol. The number of halogens is 1. The van der Waals surface area contributed by atoms with Crippen LogP contribution < -0.4 is 5.32 Å². The van der Waals surface area contributed by atoms with E-state index >= 15 is 0 Å². The summed E-state index contributed by atoms with van der Waals surface area (Å²) in [5, 5.41) is 3.32. The van der Waals surface area contributed by atoms with E-state index in [1.807, 2.05) is 13.8 Å². The lowest BCUT2D eigenvalue weighted by molar-refractivity contribution is -0.141. The molecule has 1 heterocycles. The summed E-state index contributed by atoms with van der Waals surface area (Å²) < 4.78 is 4.74. The maximum Gasteiger partial charge on any atom is 0.328 e. The normalized spacial score (nSPS) is 12.3. The Hall–Kier alpha value is -1.36. The van der Waals surface area contributed by atoms with E-state index < -0.39 is 6.04 Å². The van der Waals surface area contributed by atoms with Crippen molar-refractivity contribution >= 4 is 23.4 Å². The molecule has 0 aliphatic carbocycles. The molecule has 0 radical (unpaired) electrons. The highest BCUT2D eigenvalue weighted by molar-refractivity contribution is 6.29. The lowest BCUT2D eigenvalue weighted by atomic mass is 10.0. The molecule has 0 saturated carbocycles. The summed E-state index contributed by atoms with van der Waals surface area (Å²) in [6, 6.07) is 1.14. The van der Waals surface area contributed by atoms with Crippen LogP contribution in [0.2, 0.25) is 5.15 Å². The molecule has 1 aromatic heterocycles. The molecular formula is C11H16ClN3O2. The second-order valence-corrected chi connectivity index (χ2v) is 4.46. The van der Waals surface area contributed by atoms with Crippen molar-refractivity contribution in [3.8, 4) is 0 Å². The third-order valence-corrected chi connectivity index (χ3v) is 2.36. The van der Waals surface area contributed by atoms with Gasteiger partial charge in [0, 0.05) is 6.07 Å². The van der Waals surface area contributed by atoms with Gasteiger partial charge in [0.05, 0.1) is 7.11 Å². The minimum atomic E-state index is -0.425. The molecule has 5 nitrogen and oxygen atoms in total. The molecule has 94 valence electrons. The summed E-state index contributed by atoms with van der Waals surface area (Å²) in [4.78, 5) is 19.3. The Kier molecular flexibility index (Phi) is 5.15. The monoisotopic (exact) mass is 257 g/mol. The highest BCUT2D eigenvalue weighted by Crippen LogP contribution is 2.14. The van der Waals surface area contributed by atoms with Crippen LogP contribution in [0.3, 0.4) is 0 Å². The predicted octanol–water partition coefficient (Wildman–Crippen LogP) is 2.13. The van der Waals surface area contributed by atoms with Gasteiger partial charge < -0.3 is 10.1 Å². The minimum absolute atomic E-state index is 0.312. The van der Waals surface area contributed by atoms with Crippen LogP contribution in [0.15, 0.2) is 12.4 Å². The van der Waals surface area contributed by atoms with Gasteiger partial charge in [-0.05, 0) is 12.3 Å². The van der Waals surface area contributed by atoms with Crippen LogP contribution in [0.5, 0.6) is 0 Å². The molecule has 1 rings (SSSR count).